The summed E-state index contributed by atoms with van der Waals surface area (Å²) in [6, 6.07) is 17.1. The molecular formula is C25H27N5O4. The minimum Gasteiger partial charge on any atom is -0.347 e. The summed E-state index contributed by atoms with van der Waals surface area (Å²) in [7, 11) is 4.80. The van der Waals surface area contributed by atoms with Gasteiger partial charge in [-0.25, -0.2) is 0 Å². The molecule has 1 atom stereocenters. The fourth-order valence-electron chi connectivity index (χ4n) is 3.32. The summed E-state index contributed by atoms with van der Waals surface area (Å²) in [5.74, 6) is -2.66. The summed E-state index contributed by atoms with van der Waals surface area (Å²) in [5.41, 5.74) is 2.27. The molecule has 9 heteroatoms. The van der Waals surface area contributed by atoms with Crippen LogP contribution in [0.15, 0.2) is 66.9 Å². The molecule has 0 spiro atoms. The van der Waals surface area contributed by atoms with Crippen LogP contribution in [-0.2, 0) is 27.9 Å². The second-order valence-corrected chi connectivity index (χ2v) is 7.98. The van der Waals surface area contributed by atoms with Crippen molar-refractivity contribution in [1.29, 1.82) is 0 Å². The van der Waals surface area contributed by atoms with Crippen LogP contribution >= 0.6 is 0 Å². The summed E-state index contributed by atoms with van der Waals surface area (Å²) in [6.07, 6.45) is 1.68. The van der Waals surface area contributed by atoms with Crippen LogP contribution in [0.1, 0.15) is 15.9 Å². The fraction of sp³-hybridized carbons (Fsp3) is 0.240. The van der Waals surface area contributed by atoms with Gasteiger partial charge in [-0.05, 0) is 5.56 Å². The van der Waals surface area contributed by atoms with E-state index >= 15 is 0 Å². The third kappa shape index (κ3) is 6.16. The Morgan fingerprint density at radius 1 is 0.971 bits per heavy atom. The maximum absolute atomic E-state index is 13.2. The van der Waals surface area contributed by atoms with Gasteiger partial charge in [0.2, 0.25) is 11.7 Å². The largest absolute Gasteiger partial charge is 0.347 e. The number of amides is 3. The third-order valence-electron chi connectivity index (χ3n) is 5.15. The molecule has 0 aliphatic carbocycles. The zero-order valence-electron chi connectivity index (χ0n) is 19.3. The number of carbonyl (C=O) groups is 4. The standard InChI is InChI=1S/C25H27N5O4/c1-29(2)21(31)15-26-25(34)23(32)20(14-17-10-6-4-7-11-17)27-24(33)19-16-30(3)28-22(19)18-12-8-5-9-13-18/h4-13,16,20H,14-15H2,1-3H3,(H,26,34)(H,27,33)/t20-/m0/s1. The van der Waals surface area contributed by atoms with Gasteiger partial charge in [0, 0.05) is 39.3 Å². The first-order valence-electron chi connectivity index (χ1n) is 10.7. The van der Waals surface area contributed by atoms with Gasteiger partial charge in [-0.15, -0.1) is 0 Å². The first kappa shape index (κ1) is 24.4. The van der Waals surface area contributed by atoms with Crippen LogP contribution in [0.4, 0.5) is 0 Å². The molecule has 0 aliphatic heterocycles. The summed E-state index contributed by atoms with van der Waals surface area (Å²) in [5, 5.41) is 9.42. The van der Waals surface area contributed by atoms with Crippen molar-refractivity contribution in [3.8, 4) is 11.3 Å². The lowest BCUT2D eigenvalue weighted by Crippen LogP contribution is -2.50. The first-order valence-corrected chi connectivity index (χ1v) is 10.7. The minimum absolute atomic E-state index is 0.112. The predicted molar refractivity (Wildman–Crippen MR) is 127 cm³/mol. The molecule has 3 rings (SSSR count). The Labute approximate surface area is 197 Å². The van der Waals surface area contributed by atoms with Gasteiger partial charge in [0.1, 0.15) is 11.7 Å². The van der Waals surface area contributed by atoms with E-state index in [-0.39, 0.29) is 24.4 Å². The molecule has 0 bridgehead atoms. The summed E-state index contributed by atoms with van der Waals surface area (Å²) < 4.78 is 1.52. The first-order chi connectivity index (χ1) is 16.3. The number of rotatable bonds is 9. The van der Waals surface area contributed by atoms with E-state index in [2.05, 4.69) is 15.7 Å². The molecule has 0 fully saturated rings. The molecule has 2 aromatic carbocycles. The number of aromatic nitrogens is 2. The monoisotopic (exact) mass is 461 g/mol. The molecular weight excluding hydrogens is 434 g/mol. The molecule has 1 aromatic heterocycles. The number of nitrogens with zero attached hydrogens (tertiary/aromatic N) is 3. The Bertz CT molecular complexity index is 1170. The number of carbonyl (C=O) groups excluding carboxylic acids is 4. The smallest absolute Gasteiger partial charge is 0.290 e. The number of aryl methyl sites for hydroxylation is 1. The molecule has 34 heavy (non-hydrogen) atoms. The Kier molecular flexibility index (Phi) is 7.92. The van der Waals surface area contributed by atoms with Gasteiger partial charge < -0.3 is 15.5 Å². The maximum Gasteiger partial charge on any atom is 0.290 e. The zero-order chi connectivity index (χ0) is 24.7. The second-order valence-electron chi connectivity index (χ2n) is 7.98. The van der Waals surface area contributed by atoms with E-state index < -0.39 is 23.6 Å². The number of ketones is 1. The fourth-order valence-corrected chi connectivity index (χ4v) is 3.32. The molecule has 1 heterocycles. The van der Waals surface area contributed by atoms with Crippen LogP contribution in [0.25, 0.3) is 11.3 Å². The minimum atomic E-state index is -1.13. The normalized spacial score (nSPS) is 11.4. The van der Waals surface area contributed by atoms with E-state index in [1.165, 1.54) is 9.58 Å². The summed E-state index contributed by atoms with van der Waals surface area (Å²) in [6.45, 7) is -0.315. The zero-order valence-corrected chi connectivity index (χ0v) is 19.3. The van der Waals surface area contributed by atoms with Crippen molar-refractivity contribution >= 4 is 23.5 Å². The van der Waals surface area contributed by atoms with E-state index in [0.29, 0.717) is 5.69 Å². The van der Waals surface area contributed by atoms with Gasteiger partial charge in [-0.1, -0.05) is 60.7 Å². The van der Waals surface area contributed by atoms with Gasteiger partial charge in [0.15, 0.2) is 0 Å². The number of nitrogens with one attached hydrogen (secondary N) is 2. The van der Waals surface area contributed by atoms with Crippen LogP contribution in [0, 0.1) is 0 Å². The number of Topliss-reactive ketones (excluding diaryl/α,β-unsaturated/α-hetero) is 1. The highest BCUT2D eigenvalue weighted by Gasteiger charge is 2.29. The van der Waals surface area contributed by atoms with Crippen LogP contribution in [0.2, 0.25) is 0 Å². The van der Waals surface area contributed by atoms with Crippen molar-refractivity contribution in [2.45, 2.75) is 12.5 Å². The lowest BCUT2D eigenvalue weighted by molar-refractivity contribution is -0.140. The maximum atomic E-state index is 13.2. The van der Waals surface area contributed by atoms with Crippen LogP contribution < -0.4 is 10.6 Å². The Hall–Kier alpha value is -4.27. The van der Waals surface area contributed by atoms with Crippen molar-refractivity contribution in [3.05, 3.63) is 78.0 Å². The van der Waals surface area contributed by atoms with E-state index in [1.807, 2.05) is 48.5 Å². The van der Waals surface area contributed by atoms with Crippen molar-refractivity contribution in [2.24, 2.45) is 7.05 Å². The van der Waals surface area contributed by atoms with Crippen molar-refractivity contribution in [3.63, 3.8) is 0 Å². The van der Waals surface area contributed by atoms with Crippen LogP contribution in [-0.4, -0.2) is 64.9 Å². The third-order valence-corrected chi connectivity index (χ3v) is 5.15. The highest BCUT2D eigenvalue weighted by atomic mass is 16.2. The summed E-state index contributed by atoms with van der Waals surface area (Å²) in [4.78, 5) is 51.8. The number of likely N-dealkylation sites (N-methyl/N-ethyl adjacent to an activating group) is 1. The number of benzene rings is 2. The summed E-state index contributed by atoms with van der Waals surface area (Å²) >= 11 is 0. The van der Waals surface area contributed by atoms with Gasteiger partial charge in [-0.2, -0.15) is 5.10 Å². The second kappa shape index (κ2) is 11.0. The molecule has 3 aromatic rings. The molecule has 2 N–H and O–H groups in total. The molecule has 0 saturated heterocycles. The lowest BCUT2D eigenvalue weighted by atomic mass is 10.0. The quantitative estimate of drug-likeness (QED) is 0.465. The Morgan fingerprint density at radius 3 is 2.21 bits per heavy atom. The molecule has 0 aliphatic rings. The highest BCUT2D eigenvalue weighted by molar-refractivity contribution is 6.38. The highest BCUT2D eigenvalue weighted by Crippen LogP contribution is 2.21. The van der Waals surface area contributed by atoms with Gasteiger partial charge in [0.05, 0.1) is 12.1 Å². The van der Waals surface area contributed by atoms with Crippen molar-refractivity contribution in [1.82, 2.24) is 25.3 Å². The Balaban J connectivity index is 1.83. The van der Waals surface area contributed by atoms with E-state index in [4.69, 9.17) is 0 Å². The van der Waals surface area contributed by atoms with Gasteiger partial charge in [-0.3, -0.25) is 23.9 Å². The number of hydrogen-bond donors (Lipinski definition) is 2. The van der Waals surface area contributed by atoms with E-state index in [9.17, 15) is 19.2 Å². The average molecular weight is 462 g/mol. The van der Waals surface area contributed by atoms with E-state index in [0.717, 1.165) is 11.1 Å². The van der Waals surface area contributed by atoms with E-state index in [1.54, 1.807) is 39.5 Å². The molecule has 176 valence electrons. The molecule has 3 amide bonds. The van der Waals surface area contributed by atoms with Crippen LogP contribution in [0.5, 0.6) is 0 Å². The predicted octanol–water partition coefficient (Wildman–Crippen LogP) is 1.20. The van der Waals surface area contributed by atoms with Gasteiger partial charge in [0.25, 0.3) is 11.8 Å². The topological polar surface area (TPSA) is 113 Å². The molecule has 0 radical (unpaired) electrons. The molecule has 0 saturated carbocycles. The lowest BCUT2D eigenvalue weighted by Gasteiger charge is -2.18. The number of hydrogen-bond acceptors (Lipinski definition) is 5. The molecule has 9 nitrogen and oxygen atoms in total. The molecule has 0 unspecified atom stereocenters. The Morgan fingerprint density at radius 2 is 1.59 bits per heavy atom. The average Bonchev–Trinajstić information content (AvgIpc) is 3.24. The SMILES string of the molecule is CN(C)C(=O)CNC(=O)C(=O)[C@H](Cc1ccccc1)NC(=O)c1cn(C)nc1-c1ccccc1. The van der Waals surface area contributed by atoms with Crippen molar-refractivity contribution in [2.75, 3.05) is 20.6 Å². The van der Waals surface area contributed by atoms with Gasteiger partial charge >= 0.3 is 0 Å². The van der Waals surface area contributed by atoms with Crippen molar-refractivity contribution < 1.29 is 19.2 Å². The van der Waals surface area contributed by atoms with Crippen LogP contribution in [0.3, 0.4) is 0 Å².